The number of anilines is 2. The zero-order valence-electron chi connectivity index (χ0n) is 18.5. The largest absolute Gasteiger partial charge is 0.363 e. The minimum Gasteiger partial charge on any atom is -0.363 e. The SMILES string of the molecule is Cc1c(C#N)cccc1C(C)Nc1nc2nccn2c2cnc(N3CCNCC3C)cc12. The number of rotatable bonds is 4. The number of imidazole rings is 1. The van der Waals surface area contributed by atoms with Crippen molar-refractivity contribution in [3.63, 3.8) is 0 Å². The van der Waals surface area contributed by atoms with Crippen LogP contribution in [0.1, 0.15) is 36.6 Å². The molecule has 4 heterocycles. The number of pyridine rings is 1. The number of benzene rings is 1. The molecule has 2 atom stereocenters. The summed E-state index contributed by atoms with van der Waals surface area (Å²) in [4.78, 5) is 16.3. The van der Waals surface area contributed by atoms with Gasteiger partial charge in [-0.3, -0.25) is 4.40 Å². The molecule has 0 bridgehead atoms. The van der Waals surface area contributed by atoms with Crippen LogP contribution in [0.15, 0.2) is 42.9 Å². The number of hydrogen-bond acceptors (Lipinski definition) is 7. The van der Waals surface area contributed by atoms with E-state index in [0.29, 0.717) is 17.4 Å². The first-order valence-corrected chi connectivity index (χ1v) is 10.9. The molecule has 1 aliphatic rings. The summed E-state index contributed by atoms with van der Waals surface area (Å²) in [6.45, 7) is 9.09. The molecular weight excluding hydrogens is 400 g/mol. The highest BCUT2D eigenvalue weighted by Crippen LogP contribution is 2.30. The molecule has 1 saturated heterocycles. The molecule has 3 aromatic heterocycles. The molecule has 5 rings (SSSR count). The molecule has 1 aliphatic heterocycles. The fourth-order valence-corrected chi connectivity index (χ4v) is 4.52. The van der Waals surface area contributed by atoms with E-state index in [1.807, 2.05) is 35.9 Å². The van der Waals surface area contributed by atoms with Crippen molar-refractivity contribution in [3.8, 4) is 6.07 Å². The van der Waals surface area contributed by atoms with Crippen molar-refractivity contribution in [2.24, 2.45) is 0 Å². The molecule has 1 aromatic carbocycles. The van der Waals surface area contributed by atoms with Crippen LogP contribution in [-0.4, -0.2) is 45.0 Å². The lowest BCUT2D eigenvalue weighted by molar-refractivity contribution is 0.497. The summed E-state index contributed by atoms with van der Waals surface area (Å²) in [5.74, 6) is 2.34. The normalized spacial score (nSPS) is 17.4. The van der Waals surface area contributed by atoms with Gasteiger partial charge in [0.15, 0.2) is 0 Å². The summed E-state index contributed by atoms with van der Waals surface area (Å²) in [7, 11) is 0. The summed E-state index contributed by atoms with van der Waals surface area (Å²) < 4.78 is 1.96. The fraction of sp³-hybridized carbons (Fsp3) is 0.333. The minimum absolute atomic E-state index is 0.0360. The minimum atomic E-state index is -0.0360. The van der Waals surface area contributed by atoms with Gasteiger partial charge in [0.1, 0.15) is 11.6 Å². The van der Waals surface area contributed by atoms with Crippen LogP contribution in [0.4, 0.5) is 11.6 Å². The lowest BCUT2D eigenvalue weighted by atomic mass is 9.98. The van der Waals surface area contributed by atoms with Crippen LogP contribution in [-0.2, 0) is 0 Å². The van der Waals surface area contributed by atoms with Crippen molar-refractivity contribution < 1.29 is 0 Å². The Morgan fingerprint density at radius 3 is 3.00 bits per heavy atom. The molecule has 2 N–H and O–H groups in total. The van der Waals surface area contributed by atoms with Crippen molar-refractivity contribution in [2.45, 2.75) is 32.9 Å². The Bertz CT molecular complexity index is 1340. The maximum absolute atomic E-state index is 9.42. The van der Waals surface area contributed by atoms with Gasteiger partial charge in [-0.2, -0.15) is 10.2 Å². The molecule has 4 aromatic rings. The highest BCUT2D eigenvalue weighted by Gasteiger charge is 2.21. The number of aromatic nitrogens is 4. The first kappa shape index (κ1) is 20.2. The summed E-state index contributed by atoms with van der Waals surface area (Å²) in [5, 5.41) is 17.4. The Kier molecular flexibility index (Phi) is 5.11. The maximum Gasteiger partial charge on any atom is 0.236 e. The second kappa shape index (κ2) is 8.09. The average molecular weight is 427 g/mol. The van der Waals surface area contributed by atoms with E-state index in [2.05, 4.69) is 52.6 Å². The zero-order valence-corrected chi connectivity index (χ0v) is 18.5. The summed E-state index contributed by atoms with van der Waals surface area (Å²) in [6, 6.07) is 10.6. The second-order valence-corrected chi connectivity index (χ2v) is 8.36. The van der Waals surface area contributed by atoms with Crippen LogP contribution in [0.3, 0.4) is 0 Å². The molecule has 1 fully saturated rings. The van der Waals surface area contributed by atoms with E-state index in [4.69, 9.17) is 9.97 Å². The molecule has 8 nitrogen and oxygen atoms in total. The molecule has 0 aliphatic carbocycles. The molecule has 32 heavy (non-hydrogen) atoms. The Hall–Kier alpha value is -3.70. The summed E-state index contributed by atoms with van der Waals surface area (Å²) in [6.07, 6.45) is 5.57. The number of nitrogens with one attached hydrogen (secondary N) is 2. The Morgan fingerprint density at radius 1 is 1.31 bits per heavy atom. The third-order valence-electron chi connectivity index (χ3n) is 6.33. The van der Waals surface area contributed by atoms with Crippen LogP contribution >= 0.6 is 0 Å². The number of piperazine rings is 1. The first-order chi connectivity index (χ1) is 15.6. The van der Waals surface area contributed by atoms with Crippen LogP contribution in [0, 0.1) is 18.3 Å². The van der Waals surface area contributed by atoms with E-state index in [-0.39, 0.29) is 6.04 Å². The van der Waals surface area contributed by atoms with Crippen LogP contribution in [0.2, 0.25) is 0 Å². The monoisotopic (exact) mass is 426 g/mol. The summed E-state index contributed by atoms with van der Waals surface area (Å²) >= 11 is 0. The van der Waals surface area contributed by atoms with E-state index in [1.54, 1.807) is 6.20 Å². The van der Waals surface area contributed by atoms with Crippen molar-refractivity contribution in [1.29, 1.82) is 5.26 Å². The third-order valence-corrected chi connectivity index (χ3v) is 6.33. The second-order valence-electron chi connectivity index (χ2n) is 8.36. The number of fused-ring (bicyclic) bond motifs is 3. The number of nitriles is 1. The maximum atomic E-state index is 9.42. The van der Waals surface area contributed by atoms with Gasteiger partial charge < -0.3 is 15.5 Å². The van der Waals surface area contributed by atoms with Crippen molar-refractivity contribution in [2.75, 3.05) is 29.9 Å². The van der Waals surface area contributed by atoms with Gasteiger partial charge in [0.05, 0.1) is 29.4 Å². The van der Waals surface area contributed by atoms with Crippen LogP contribution in [0.5, 0.6) is 0 Å². The number of nitrogens with zero attached hydrogens (tertiary/aromatic N) is 6. The molecule has 0 spiro atoms. The van der Waals surface area contributed by atoms with Gasteiger partial charge in [0, 0.05) is 43.5 Å². The highest BCUT2D eigenvalue weighted by molar-refractivity contribution is 5.92. The predicted molar refractivity (Wildman–Crippen MR) is 126 cm³/mol. The van der Waals surface area contributed by atoms with Gasteiger partial charge in [0.2, 0.25) is 5.78 Å². The third kappa shape index (κ3) is 3.41. The molecule has 0 amide bonds. The molecule has 162 valence electrons. The van der Waals surface area contributed by atoms with Crippen molar-refractivity contribution >= 4 is 28.3 Å². The first-order valence-electron chi connectivity index (χ1n) is 10.9. The molecule has 2 unspecified atom stereocenters. The lowest BCUT2D eigenvalue weighted by Gasteiger charge is -2.35. The van der Waals surface area contributed by atoms with Crippen molar-refractivity contribution in [1.82, 2.24) is 24.7 Å². The van der Waals surface area contributed by atoms with Crippen LogP contribution in [0.25, 0.3) is 16.7 Å². The zero-order chi connectivity index (χ0) is 22.2. The van der Waals surface area contributed by atoms with Gasteiger partial charge in [-0.1, -0.05) is 12.1 Å². The number of hydrogen-bond donors (Lipinski definition) is 2. The van der Waals surface area contributed by atoms with E-state index < -0.39 is 0 Å². The highest BCUT2D eigenvalue weighted by atomic mass is 15.3. The molecule has 8 heteroatoms. The van der Waals surface area contributed by atoms with Crippen molar-refractivity contribution in [3.05, 3.63) is 59.5 Å². The van der Waals surface area contributed by atoms with Gasteiger partial charge in [-0.25, -0.2) is 9.97 Å². The van der Waals surface area contributed by atoms with E-state index in [9.17, 15) is 5.26 Å². The predicted octanol–water partition coefficient (Wildman–Crippen LogP) is 3.43. The lowest BCUT2D eigenvalue weighted by Crippen LogP contribution is -2.50. The summed E-state index contributed by atoms with van der Waals surface area (Å²) in [5.41, 5.74) is 3.71. The molecular formula is C24H26N8. The average Bonchev–Trinajstić information content (AvgIpc) is 3.28. The standard InChI is InChI=1S/C24H26N8/c1-15-13-26-7-9-31(15)22-11-20-21(14-28-22)32-10-8-27-24(32)30-23(20)29-17(3)19-6-4-5-18(12-25)16(19)2/h4-6,8,10-11,14-15,17,26H,7,9,13H2,1-3H3,(H,27,29,30). The van der Waals surface area contributed by atoms with Gasteiger partial charge in [0.25, 0.3) is 0 Å². The van der Waals surface area contributed by atoms with E-state index in [1.165, 1.54) is 0 Å². The smallest absolute Gasteiger partial charge is 0.236 e. The molecule has 0 saturated carbocycles. The molecule has 0 radical (unpaired) electrons. The van der Waals surface area contributed by atoms with Crippen LogP contribution < -0.4 is 15.5 Å². The quantitative estimate of drug-likeness (QED) is 0.516. The fourth-order valence-electron chi connectivity index (χ4n) is 4.52. The van der Waals surface area contributed by atoms with Gasteiger partial charge in [-0.05, 0) is 44.0 Å². The van der Waals surface area contributed by atoms with E-state index >= 15 is 0 Å². The van der Waals surface area contributed by atoms with Gasteiger partial charge in [-0.15, -0.1) is 0 Å². The Morgan fingerprint density at radius 2 is 2.19 bits per heavy atom. The Labute approximate surface area is 186 Å². The topological polar surface area (TPSA) is 94.2 Å². The Balaban J connectivity index is 1.60. The van der Waals surface area contributed by atoms with Gasteiger partial charge >= 0.3 is 0 Å². The van der Waals surface area contributed by atoms with E-state index in [0.717, 1.165) is 53.3 Å².